The van der Waals surface area contributed by atoms with Crippen LogP contribution in [0.4, 0.5) is 5.69 Å². The molecule has 16 heteroatoms. The minimum Gasteiger partial charge on any atom is -0.508 e. The number of aromatic hydroxyl groups is 1. The zero-order valence-corrected chi connectivity index (χ0v) is 33.4. The number of nitrogens with two attached hydrogens (primary N) is 1. The first-order valence-corrected chi connectivity index (χ1v) is 19.7. The molecule has 8 rings (SSSR count). The Bertz CT molecular complexity index is 3300. The Kier molecular flexibility index (Phi) is 11.1. The third-order valence-electron chi connectivity index (χ3n) is 10.8. The highest BCUT2D eigenvalue weighted by Crippen LogP contribution is 2.43. The smallest absolute Gasteiger partial charge is 0.336 e. The van der Waals surface area contributed by atoms with E-state index in [1.165, 1.54) is 72.8 Å². The Morgan fingerprint density at radius 1 is 0.625 bits per heavy atom. The van der Waals surface area contributed by atoms with Gasteiger partial charge in [-0.2, -0.15) is 0 Å². The molecule has 2 aliphatic heterocycles. The van der Waals surface area contributed by atoms with Crippen LogP contribution in [0, 0.1) is 5.41 Å². The Hall–Kier alpha value is -8.79. The second kappa shape index (κ2) is 16.9. The van der Waals surface area contributed by atoms with Crippen LogP contribution in [0.15, 0.2) is 123 Å². The Labute approximate surface area is 361 Å². The van der Waals surface area contributed by atoms with Crippen LogP contribution in [-0.2, 0) is 4.79 Å². The number of phenols is 1. The van der Waals surface area contributed by atoms with Crippen LogP contribution in [0.5, 0.6) is 5.75 Å². The quantitative estimate of drug-likeness (QED) is 0.0329. The standard InChI is InChI=1S/C48H36N4O12/c49-25-6-12-31-38(19-25)63-39-20-26(50)7-13-32(39)42(31)30-11-5-24(18-36(30)47(59)60)45(56)52-37(48(61)62)3-1-2-16-51-44(55)23-4-10-29(35(17-23)46(57)58)43-33-14-8-27(53)21-40(33)64-41-22-28(54)9-15-34(41)43/h4-15,17-22,37,49,53H,1-3,16,50H2,(H,51,55)(H,52,56)(H,57,58)(H,59,60)(H,61,62). The summed E-state index contributed by atoms with van der Waals surface area (Å²) in [6, 6.07) is 24.8. The van der Waals surface area contributed by atoms with Crippen LogP contribution in [0.3, 0.4) is 0 Å². The van der Waals surface area contributed by atoms with Gasteiger partial charge in [0.15, 0.2) is 5.43 Å². The van der Waals surface area contributed by atoms with E-state index in [9.17, 15) is 49.2 Å². The first kappa shape index (κ1) is 41.9. The Morgan fingerprint density at radius 2 is 1.19 bits per heavy atom. The number of phenolic OH excluding ortho intramolecular Hbond substituents is 1. The van der Waals surface area contributed by atoms with Gasteiger partial charge in [0.2, 0.25) is 0 Å². The van der Waals surface area contributed by atoms with Crippen molar-refractivity contribution in [2.75, 3.05) is 12.3 Å². The summed E-state index contributed by atoms with van der Waals surface area (Å²) >= 11 is 0. The van der Waals surface area contributed by atoms with Gasteiger partial charge in [0.25, 0.3) is 11.8 Å². The third kappa shape index (κ3) is 8.17. The molecule has 2 amide bonds. The summed E-state index contributed by atoms with van der Waals surface area (Å²) in [5.41, 5.74) is 8.45. The van der Waals surface area contributed by atoms with E-state index in [1.807, 2.05) is 0 Å². The molecule has 0 aromatic heterocycles. The van der Waals surface area contributed by atoms with Gasteiger partial charge < -0.3 is 51.0 Å². The second-order valence-electron chi connectivity index (χ2n) is 15.0. The number of aromatic carboxylic acids is 2. The molecule has 16 nitrogen and oxygen atoms in total. The topological polar surface area (TPSA) is 284 Å². The van der Waals surface area contributed by atoms with Crippen molar-refractivity contribution < 1.29 is 53.2 Å². The molecule has 9 N–H and O–H groups in total. The zero-order chi connectivity index (χ0) is 45.4. The summed E-state index contributed by atoms with van der Waals surface area (Å²) in [5.74, 6) is -5.03. The molecule has 0 saturated heterocycles. The Morgan fingerprint density at radius 3 is 1.81 bits per heavy atom. The fourth-order valence-electron chi connectivity index (χ4n) is 7.78. The number of rotatable bonds is 13. The molecular formula is C48H36N4O12. The minimum absolute atomic E-state index is 0.0348. The van der Waals surface area contributed by atoms with Crippen molar-refractivity contribution in [1.82, 2.24) is 10.6 Å². The molecule has 0 fully saturated rings. The third-order valence-corrected chi connectivity index (χ3v) is 10.8. The number of carboxylic acids is 3. The van der Waals surface area contributed by atoms with E-state index < -0.39 is 35.8 Å². The van der Waals surface area contributed by atoms with Gasteiger partial charge in [-0.1, -0.05) is 12.1 Å². The lowest BCUT2D eigenvalue weighted by atomic mass is 9.89. The fraction of sp³-hybridized carbons (Fsp3) is 0.104. The summed E-state index contributed by atoms with van der Waals surface area (Å²) in [4.78, 5) is 76.3. The zero-order valence-electron chi connectivity index (χ0n) is 33.4. The van der Waals surface area contributed by atoms with Crippen LogP contribution in [0.25, 0.3) is 66.8 Å². The van der Waals surface area contributed by atoms with Gasteiger partial charge in [0.1, 0.15) is 34.5 Å². The molecule has 0 radical (unpaired) electrons. The van der Waals surface area contributed by atoms with E-state index in [0.29, 0.717) is 50.1 Å². The van der Waals surface area contributed by atoms with E-state index >= 15 is 0 Å². The van der Waals surface area contributed by atoms with Crippen LogP contribution >= 0.6 is 0 Å². The molecule has 320 valence electrons. The van der Waals surface area contributed by atoms with Gasteiger partial charge in [-0.15, -0.1) is 0 Å². The average Bonchev–Trinajstić information content (AvgIpc) is 3.26. The van der Waals surface area contributed by atoms with E-state index in [0.717, 1.165) is 6.07 Å². The van der Waals surface area contributed by atoms with Gasteiger partial charge >= 0.3 is 17.9 Å². The predicted molar refractivity (Wildman–Crippen MR) is 234 cm³/mol. The first-order chi connectivity index (χ1) is 30.7. The molecule has 0 bridgehead atoms. The number of nitrogens with one attached hydrogen (secondary N) is 3. The maximum Gasteiger partial charge on any atom is 0.336 e. The summed E-state index contributed by atoms with van der Waals surface area (Å²) in [5, 5.41) is 55.0. The van der Waals surface area contributed by atoms with E-state index in [2.05, 4.69) is 10.6 Å². The average molecular weight is 861 g/mol. The number of fused-ring (bicyclic) bond motifs is 4. The lowest BCUT2D eigenvalue weighted by Crippen LogP contribution is -2.41. The van der Waals surface area contributed by atoms with Crippen molar-refractivity contribution >= 4 is 57.3 Å². The largest absolute Gasteiger partial charge is 0.508 e. The van der Waals surface area contributed by atoms with Gasteiger partial charge in [-0.25, -0.2) is 14.4 Å². The molecule has 1 unspecified atom stereocenters. The number of anilines is 1. The molecule has 2 aliphatic carbocycles. The van der Waals surface area contributed by atoms with Crippen molar-refractivity contribution in [2.24, 2.45) is 0 Å². The molecule has 4 aromatic rings. The number of amides is 2. The van der Waals surface area contributed by atoms with Crippen molar-refractivity contribution in [2.45, 2.75) is 25.3 Å². The summed E-state index contributed by atoms with van der Waals surface area (Å²) < 4.78 is 11.9. The lowest BCUT2D eigenvalue weighted by Gasteiger charge is -2.18. The Balaban J connectivity index is 0.947. The van der Waals surface area contributed by atoms with E-state index in [1.54, 1.807) is 30.3 Å². The van der Waals surface area contributed by atoms with Crippen LogP contribution in [0.1, 0.15) is 60.7 Å². The number of aliphatic carboxylic acids is 1. The van der Waals surface area contributed by atoms with Gasteiger partial charge in [0.05, 0.1) is 16.5 Å². The molecule has 64 heavy (non-hydrogen) atoms. The van der Waals surface area contributed by atoms with Crippen molar-refractivity contribution in [3.63, 3.8) is 0 Å². The normalized spacial score (nSPS) is 11.8. The van der Waals surface area contributed by atoms with Gasteiger partial charge in [0, 0.05) is 80.7 Å². The molecule has 2 heterocycles. The first-order valence-electron chi connectivity index (χ1n) is 19.7. The number of carbonyl (C=O) groups is 5. The molecule has 0 spiro atoms. The molecule has 1 atom stereocenters. The minimum atomic E-state index is -1.36. The number of carbonyl (C=O) groups excluding carboxylic acids is 2. The SMILES string of the molecule is N=c1ccc2c(-c3ccc(C(=O)NC(CCCCNC(=O)c4ccc(-c5c6ccc(=O)cc-6oc6cc(O)ccc56)c(C(=O)O)c4)C(=O)O)cc3C(=O)O)c3ccc(N)cc3oc-2c1. The van der Waals surface area contributed by atoms with Crippen molar-refractivity contribution in [3.05, 3.63) is 147 Å². The number of unbranched alkanes of at least 4 members (excludes halogenated alkanes) is 1. The highest BCUT2D eigenvalue weighted by Gasteiger charge is 2.26. The van der Waals surface area contributed by atoms with E-state index in [-0.39, 0.29) is 87.1 Å². The second-order valence-corrected chi connectivity index (χ2v) is 15.0. The van der Waals surface area contributed by atoms with Crippen molar-refractivity contribution in [3.8, 4) is 50.7 Å². The van der Waals surface area contributed by atoms with Crippen LogP contribution in [0.2, 0.25) is 0 Å². The molecule has 4 aliphatic rings. The molecular weight excluding hydrogens is 825 g/mol. The highest BCUT2D eigenvalue weighted by molar-refractivity contribution is 6.11. The molecule has 0 saturated carbocycles. The lowest BCUT2D eigenvalue weighted by molar-refractivity contribution is -0.139. The summed E-state index contributed by atoms with van der Waals surface area (Å²) in [7, 11) is 0. The van der Waals surface area contributed by atoms with Crippen LogP contribution in [-0.4, -0.2) is 62.7 Å². The number of carboxylic acid groups (broad SMARTS) is 3. The maximum absolute atomic E-state index is 13.4. The van der Waals surface area contributed by atoms with Crippen molar-refractivity contribution in [1.29, 1.82) is 5.41 Å². The van der Waals surface area contributed by atoms with Gasteiger partial charge in [-0.05, 0) is 103 Å². The fourth-order valence-corrected chi connectivity index (χ4v) is 7.78. The predicted octanol–water partition coefficient (Wildman–Crippen LogP) is 7.03. The van der Waals surface area contributed by atoms with E-state index in [4.69, 9.17) is 20.0 Å². The van der Waals surface area contributed by atoms with Crippen LogP contribution < -0.4 is 27.2 Å². The van der Waals surface area contributed by atoms with Gasteiger partial charge in [-0.3, -0.25) is 14.4 Å². The number of hydrogen-bond donors (Lipinski definition) is 8. The maximum atomic E-state index is 13.4. The number of hydrogen-bond acceptors (Lipinski definition) is 11. The highest BCUT2D eigenvalue weighted by atomic mass is 16.4. The number of nitrogen functional groups attached to an aromatic ring is 1. The summed E-state index contributed by atoms with van der Waals surface area (Å²) in [6.45, 7) is 0.0784. The molecule has 4 aromatic carbocycles. The monoisotopic (exact) mass is 860 g/mol. The number of benzene rings is 6. The summed E-state index contributed by atoms with van der Waals surface area (Å²) in [6.07, 6.45) is 0.480.